The number of piperazine rings is 1. The minimum absolute atomic E-state index is 0.0850. The highest BCUT2D eigenvalue weighted by Crippen LogP contribution is 2.29. The molecule has 2 atom stereocenters. The molecular weight excluding hydrogens is 396 g/mol. The zero-order valence-electron chi connectivity index (χ0n) is 19.2. The zero-order valence-corrected chi connectivity index (χ0v) is 19.2. The second-order valence-corrected chi connectivity index (χ2v) is 8.48. The first kappa shape index (κ1) is 23.3. The fraction of sp³-hybridized carbons (Fsp3) is 0.652. The number of hydrogen-bond donors (Lipinski definition) is 1. The predicted octanol–water partition coefficient (Wildman–Crippen LogP) is 2.05. The van der Waals surface area contributed by atoms with Crippen LogP contribution in [0.25, 0.3) is 0 Å². The highest BCUT2D eigenvalue weighted by molar-refractivity contribution is 5.96. The molecule has 172 valence electrons. The monoisotopic (exact) mass is 432 g/mol. The molecule has 1 aromatic carbocycles. The average molecular weight is 433 g/mol. The highest BCUT2D eigenvalue weighted by atomic mass is 16.5. The quantitative estimate of drug-likeness (QED) is 0.711. The molecule has 0 radical (unpaired) electrons. The predicted molar refractivity (Wildman–Crippen MR) is 121 cm³/mol. The molecule has 1 aromatic rings. The van der Waals surface area contributed by atoms with Crippen LogP contribution < -0.4 is 14.8 Å². The SMILES string of the molecule is COc1ccc(OC)c(NC(=O)C(C)N2CCN(CC(=O)N3CCCCC3C)CC2)c1. The largest absolute Gasteiger partial charge is 0.497 e. The van der Waals surface area contributed by atoms with Crippen LogP contribution in [-0.4, -0.2) is 92.1 Å². The first-order chi connectivity index (χ1) is 14.9. The number of nitrogens with zero attached hydrogens (tertiary/aromatic N) is 3. The smallest absolute Gasteiger partial charge is 0.241 e. The molecule has 0 aromatic heterocycles. The molecule has 2 aliphatic rings. The summed E-state index contributed by atoms with van der Waals surface area (Å²) in [4.78, 5) is 32.0. The number of carbonyl (C=O) groups excluding carboxylic acids is 2. The summed E-state index contributed by atoms with van der Waals surface area (Å²) in [6, 6.07) is 5.39. The molecule has 2 heterocycles. The minimum Gasteiger partial charge on any atom is -0.497 e. The van der Waals surface area contributed by atoms with Crippen molar-refractivity contribution in [3.8, 4) is 11.5 Å². The summed E-state index contributed by atoms with van der Waals surface area (Å²) in [6.07, 6.45) is 3.42. The molecule has 0 saturated carbocycles. The fourth-order valence-corrected chi connectivity index (χ4v) is 4.37. The normalized spacial score (nSPS) is 21.4. The number of methoxy groups -OCH3 is 2. The molecule has 8 nitrogen and oxygen atoms in total. The second kappa shape index (κ2) is 10.8. The van der Waals surface area contributed by atoms with Crippen LogP contribution >= 0.6 is 0 Å². The van der Waals surface area contributed by atoms with E-state index >= 15 is 0 Å². The van der Waals surface area contributed by atoms with Crippen LogP contribution in [-0.2, 0) is 9.59 Å². The summed E-state index contributed by atoms with van der Waals surface area (Å²) in [5.74, 6) is 1.40. The molecule has 0 bridgehead atoms. The first-order valence-corrected chi connectivity index (χ1v) is 11.2. The Morgan fingerprint density at radius 1 is 1.10 bits per heavy atom. The number of hydrogen-bond acceptors (Lipinski definition) is 6. The molecule has 31 heavy (non-hydrogen) atoms. The summed E-state index contributed by atoms with van der Waals surface area (Å²) in [6.45, 7) is 8.50. The van der Waals surface area contributed by atoms with Gasteiger partial charge in [0.1, 0.15) is 11.5 Å². The molecule has 3 rings (SSSR count). The summed E-state index contributed by atoms with van der Waals surface area (Å²) < 4.78 is 10.6. The van der Waals surface area contributed by atoms with E-state index in [9.17, 15) is 9.59 Å². The molecule has 0 spiro atoms. The van der Waals surface area contributed by atoms with Gasteiger partial charge in [-0.2, -0.15) is 0 Å². The Morgan fingerprint density at radius 2 is 1.84 bits per heavy atom. The number of anilines is 1. The van der Waals surface area contributed by atoms with E-state index in [4.69, 9.17) is 9.47 Å². The van der Waals surface area contributed by atoms with Gasteiger partial charge >= 0.3 is 0 Å². The van der Waals surface area contributed by atoms with Crippen LogP contribution in [0.1, 0.15) is 33.1 Å². The summed E-state index contributed by atoms with van der Waals surface area (Å²) >= 11 is 0. The molecular formula is C23H36N4O4. The van der Waals surface area contributed by atoms with Gasteiger partial charge in [0.05, 0.1) is 32.5 Å². The molecule has 1 N–H and O–H groups in total. The Morgan fingerprint density at radius 3 is 2.48 bits per heavy atom. The maximum atomic E-state index is 12.9. The lowest BCUT2D eigenvalue weighted by molar-refractivity contribution is -0.136. The fourth-order valence-electron chi connectivity index (χ4n) is 4.37. The van der Waals surface area contributed by atoms with Crippen molar-refractivity contribution in [1.29, 1.82) is 0 Å². The Hall–Kier alpha value is -2.32. The Labute approximate surface area is 185 Å². The maximum absolute atomic E-state index is 12.9. The van der Waals surface area contributed by atoms with Crippen molar-refractivity contribution >= 4 is 17.5 Å². The summed E-state index contributed by atoms with van der Waals surface area (Å²) in [7, 11) is 3.16. The van der Waals surface area contributed by atoms with Crippen LogP contribution in [0.5, 0.6) is 11.5 Å². The Kier molecular flexibility index (Phi) is 8.15. The van der Waals surface area contributed by atoms with E-state index in [0.717, 1.165) is 45.6 Å². The van der Waals surface area contributed by atoms with Gasteiger partial charge in [0.2, 0.25) is 11.8 Å². The van der Waals surface area contributed by atoms with Gasteiger partial charge in [-0.15, -0.1) is 0 Å². The molecule has 2 aliphatic heterocycles. The number of piperidine rings is 1. The Bertz CT molecular complexity index is 764. The summed E-state index contributed by atoms with van der Waals surface area (Å²) in [5.41, 5.74) is 0.596. The average Bonchev–Trinajstić information content (AvgIpc) is 2.79. The third kappa shape index (κ3) is 5.89. The number of rotatable bonds is 7. The number of carbonyl (C=O) groups is 2. The van der Waals surface area contributed by atoms with Crippen molar-refractivity contribution in [3.05, 3.63) is 18.2 Å². The van der Waals surface area contributed by atoms with Gasteiger partial charge in [-0.05, 0) is 45.2 Å². The minimum atomic E-state index is -0.282. The van der Waals surface area contributed by atoms with Gasteiger partial charge in [0.25, 0.3) is 0 Å². The molecule has 2 unspecified atom stereocenters. The van der Waals surface area contributed by atoms with E-state index in [-0.39, 0.29) is 17.9 Å². The van der Waals surface area contributed by atoms with Crippen LogP contribution in [0.3, 0.4) is 0 Å². The second-order valence-electron chi connectivity index (χ2n) is 8.48. The Balaban J connectivity index is 1.50. The van der Waals surface area contributed by atoms with E-state index in [1.165, 1.54) is 6.42 Å². The van der Waals surface area contributed by atoms with E-state index < -0.39 is 0 Å². The van der Waals surface area contributed by atoms with Crippen molar-refractivity contribution in [2.45, 2.75) is 45.2 Å². The van der Waals surface area contributed by atoms with Gasteiger partial charge in [-0.1, -0.05) is 0 Å². The van der Waals surface area contributed by atoms with Crippen molar-refractivity contribution in [2.75, 3.05) is 58.8 Å². The van der Waals surface area contributed by atoms with Crippen molar-refractivity contribution in [3.63, 3.8) is 0 Å². The van der Waals surface area contributed by atoms with Gasteiger partial charge < -0.3 is 19.7 Å². The molecule has 2 saturated heterocycles. The molecule has 2 amide bonds. The third-order valence-electron chi connectivity index (χ3n) is 6.48. The van der Waals surface area contributed by atoms with E-state index in [2.05, 4.69) is 22.0 Å². The number of likely N-dealkylation sites (tertiary alicyclic amines) is 1. The standard InChI is InChI=1S/C23H36N4O4/c1-17-7-5-6-10-27(17)22(28)16-25-11-13-26(14-12-25)18(2)23(29)24-20-15-19(30-3)8-9-21(20)31-4/h8-9,15,17-18H,5-7,10-14,16H2,1-4H3,(H,24,29). The maximum Gasteiger partial charge on any atom is 0.241 e. The highest BCUT2D eigenvalue weighted by Gasteiger charge is 2.29. The molecule has 8 heteroatoms. The van der Waals surface area contributed by atoms with E-state index in [1.54, 1.807) is 32.4 Å². The van der Waals surface area contributed by atoms with Crippen LogP contribution in [0.4, 0.5) is 5.69 Å². The molecule has 0 aliphatic carbocycles. The number of ether oxygens (including phenoxy) is 2. The lowest BCUT2D eigenvalue weighted by atomic mass is 10.0. The van der Waals surface area contributed by atoms with E-state index in [1.807, 2.05) is 11.8 Å². The van der Waals surface area contributed by atoms with Gasteiger partial charge in [0, 0.05) is 44.8 Å². The van der Waals surface area contributed by atoms with Crippen molar-refractivity contribution < 1.29 is 19.1 Å². The van der Waals surface area contributed by atoms with Gasteiger partial charge in [0.15, 0.2) is 0 Å². The van der Waals surface area contributed by atoms with Crippen LogP contribution in [0, 0.1) is 0 Å². The first-order valence-electron chi connectivity index (χ1n) is 11.2. The topological polar surface area (TPSA) is 74.4 Å². The van der Waals surface area contributed by atoms with Crippen LogP contribution in [0.15, 0.2) is 18.2 Å². The number of benzene rings is 1. The van der Waals surface area contributed by atoms with Crippen LogP contribution in [0.2, 0.25) is 0 Å². The third-order valence-corrected chi connectivity index (χ3v) is 6.48. The van der Waals surface area contributed by atoms with Gasteiger partial charge in [-0.3, -0.25) is 19.4 Å². The summed E-state index contributed by atoms with van der Waals surface area (Å²) in [5, 5.41) is 2.96. The number of amides is 2. The van der Waals surface area contributed by atoms with Crippen molar-refractivity contribution in [1.82, 2.24) is 14.7 Å². The van der Waals surface area contributed by atoms with Gasteiger partial charge in [-0.25, -0.2) is 0 Å². The lowest BCUT2D eigenvalue weighted by Gasteiger charge is -2.39. The van der Waals surface area contributed by atoms with Crippen molar-refractivity contribution in [2.24, 2.45) is 0 Å². The van der Waals surface area contributed by atoms with E-state index in [0.29, 0.717) is 29.8 Å². The zero-order chi connectivity index (χ0) is 22.4. The molecule has 2 fully saturated rings. The lowest BCUT2D eigenvalue weighted by Crippen LogP contribution is -2.55. The number of nitrogens with one attached hydrogen (secondary N) is 1.